The number of aromatic amines is 1. The van der Waals surface area contributed by atoms with Crippen LogP contribution in [0.4, 0.5) is 8.78 Å². The largest absolute Gasteiger partial charge is 0.486 e. The number of benzene rings is 2. The van der Waals surface area contributed by atoms with Crippen molar-refractivity contribution in [1.29, 1.82) is 5.26 Å². The van der Waals surface area contributed by atoms with Gasteiger partial charge in [-0.1, -0.05) is 18.2 Å². The Bertz CT molecular complexity index is 1590. The van der Waals surface area contributed by atoms with Gasteiger partial charge in [-0.3, -0.25) is 14.5 Å². The number of nitrogens with one attached hydrogen (secondary N) is 1. The number of ether oxygens (including phenoxy) is 1. The predicted octanol–water partition coefficient (Wildman–Crippen LogP) is 2.71. The van der Waals surface area contributed by atoms with Crippen molar-refractivity contribution in [3.8, 4) is 11.8 Å². The summed E-state index contributed by atoms with van der Waals surface area (Å²) in [6.45, 7) is 0.0202. The lowest BCUT2D eigenvalue weighted by Crippen LogP contribution is -2.32. The fourth-order valence-corrected chi connectivity index (χ4v) is 4.69. The van der Waals surface area contributed by atoms with Crippen molar-refractivity contribution in [2.45, 2.75) is 25.3 Å². The molecule has 12 heteroatoms. The molecule has 0 radical (unpaired) electrons. The highest BCUT2D eigenvalue weighted by Crippen LogP contribution is 2.27. The van der Waals surface area contributed by atoms with Crippen LogP contribution >= 0.6 is 0 Å². The number of hydrogen-bond acceptors (Lipinski definition) is 7. The molecule has 10 nitrogen and oxygen atoms in total. The fourth-order valence-electron chi connectivity index (χ4n) is 4.69. The van der Waals surface area contributed by atoms with Crippen molar-refractivity contribution in [3.05, 3.63) is 63.8 Å². The number of carboxylic acid groups (broad SMARTS) is 1. The van der Waals surface area contributed by atoms with Crippen LogP contribution < -0.4 is 10.3 Å². The molecule has 37 heavy (non-hydrogen) atoms. The van der Waals surface area contributed by atoms with E-state index in [4.69, 9.17) is 9.84 Å². The van der Waals surface area contributed by atoms with Gasteiger partial charge in [0.25, 0.3) is 12.0 Å². The molecule has 2 aromatic carbocycles. The van der Waals surface area contributed by atoms with E-state index in [-0.39, 0.29) is 35.9 Å². The smallest absolute Gasteiger partial charge is 0.317 e. The first-order valence-corrected chi connectivity index (χ1v) is 11.6. The third kappa shape index (κ3) is 4.99. The molecule has 0 bridgehead atoms. The maximum absolute atomic E-state index is 13.3. The Labute approximate surface area is 208 Å². The van der Waals surface area contributed by atoms with Crippen LogP contribution in [0.3, 0.4) is 0 Å². The molecule has 0 amide bonds. The van der Waals surface area contributed by atoms with E-state index >= 15 is 0 Å². The Morgan fingerprint density at radius 3 is 2.81 bits per heavy atom. The minimum Gasteiger partial charge on any atom is -0.486 e. The molecule has 0 aliphatic carbocycles. The van der Waals surface area contributed by atoms with Crippen molar-refractivity contribution in [1.82, 2.24) is 24.6 Å². The SMILES string of the molecule is N#Cc1cc2[nH]c(Cc3nn(C4CCN(CC(=O)O)C4)c(=O)c4ccccc34)nc2cc1OCC(F)F. The Kier molecular flexibility index (Phi) is 6.54. The normalized spacial score (nSPS) is 16.0. The molecular weight excluding hydrogens is 486 g/mol. The van der Waals surface area contributed by atoms with Gasteiger partial charge < -0.3 is 14.8 Å². The number of imidazole rings is 1. The highest BCUT2D eigenvalue weighted by atomic mass is 19.3. The number of rotatable bonds is 8. The number of halogens is 2. The lowest BCUT2D eigenvalue weighted by atomic mass is 10.1. The first-order valence-electron chi connectivity index (χ1n) is 11.6. The summed E-state index contributed by atoms with van der Waals surface area (Å²) in [4.78, 5) is 33.8. The highest BCUT2D eigenvalue weighted by molar-refractivity contribution is 5.84. The molecule has 1 aliphatic rings. The molecule has 3 heterocycles. The summed E-state index contributed by atoms with van der Waals surface area (Å²) >= 11 is 0. The van der Waals surface area contributed by atoms with Crippen LogP contribution in [0.1, 0.15) is 29.5 Å². The number of H-pyrrole nitrogens is 1. The number of hydrogen-bond donors (Lipinski definition) is 2. The molecule has 0 spiro atoms. The van der Waals surface area contributed by atoms with Crippen LogP contribution in [-0.4, -0.2) is 68.4 Å². The molecule has 2 aromatic heterocycles. The monoisotopic (exact) mass is 508 g/mol. The molecule has 2 N–H and O–H groups in total. The number of nitriles is 1. The quantitative estimate of drug-likeness (QED) is 0.371. The van der Waals surface area contributed by atoms with Crippen LogP contribution in [0.25, 0.3) is 21.8 Å². The van der Waals surface area contributed by atoms with Crippen LogP contribution in [-0.2, 0) is 11.2 Å². The maximum Gasteiger partial charge on any atom is 0.317 e. The predicted molar refractivity (Wildman–Crippen MR) is 129 cm³/mol. The van der Waals surface area contributed by atoms with Gasteiger partial charge in [-0.05, 0) is 18.6 Å². The molecule has 0 saturated carbocycles. The van der Waals surface area contributed by atoms with Gasteiger partial charge in [-0.2, -0.15) is 10.4 Å². The lowest BCUT2D eigenvalue weighted by molar-refractivity contribution is -0.138. The second-order valence-corrected chi connectivity index (χ2v) is 8.85. The second kappa shape index (κ2) is 9.94. The number of alkyl halides is 2. The summed E-state index contributed by atoms with van der Waals surface area (Å²) in [6, 6.07) is 11.7. The number of likely N-dealkylation sites (tertiary alicyclic amines) is 1. The van der Waals surface area contributed by atoms with Crippen molar-refractivity contribution in [2.24, 2.45) is 0 Å². The van der Waals surface area contributed by atoms with E-state index in [1.165, 1.54) is 16.8 Å². The molecule has 1 aliphatic heterocycles. The van der Waals surface area contributed by atoms with Gasteiger partial charge in [0.1, 0.15) is 24.3 Å². The highest BCUT2D eigenvalue weighted by Gasteiger charge is 2.28. The van der Waals surface area contributed by atoms with Gasteiger partial charge in [-0.25, -0.2) is 18.4 Å². The fraction of sp³-hybridized carbons (Fsp3) is 0.320. The van der Waals surface area contributed by atoms with Crippen molar-refractivity contribution in [2.75, 3.05) is 26.2 Å². The minimum atomic E-state index is -2.68. The molecular formula is C25H22F2N6O4. The first kappa shape index (κ1) is 24.3. The average Bonchev–Trinajstić information content (AvgIpc) is 3.49. The molecule has 4 aromatic rings. The molecule has 1 saturated heterocycles. The van der Waals surface area contributed by atoms with E-state index in [2.05, 4.69) is 15.1 Å². The van der Waals surface area contributed by atoms with E-state index in [9.17, 15) is 23.6 Å². The summed E-state index contributed by atoms with van der Waals surface area (Å²) < 4.78 is 31.7. The Morgan fingerprint density at radius 1 is 1.30 bits per heavy atom. The van der Waals surface area contributed by atoms with E-state index < -0.39 is 19.0 Å². The number of carboxylic acids is 1. The van der Waals surface area contributed by atoms with Gasteiger partial charge in [0.05, 0.1) is 46.7 Å². The minimum absolute atomic E-state index is 0.0256. The zero-order valence-electron chi connectivity index (χ0n) is 19.5. The summed E-state index contributed by atoms with van der Waals surface area (Å²) in [6.07, 6.45) is -1.85. The third-order valence-corrected chi connectivity index (χ3v) is 6.31. The number of aromatic nitrogens is 4. The van der Waals surface area contributed by atoms with Crippen molar-refractivity contribution >= 4 is 27.8 Å². The summed E-state index contributed by atoms with van der Waals surface area (Å²) in [5.74, 6) is -0.392. The van der Waals surface area contributed by atoms with E-state index in [0.717, 1.165) is 0 Å². The zero-order valence-corrected chi connectivity index (χ0v) is 19.5. The van der Waals surface area contributed by atoms with Crippen LogP contribution in [0.5, 0.6) is 5.75 Å². The van der Waals surface area contributed by atoms with E-state index in [1.807, 2.05) is 18.2 Å². The van der Waals surface area contributed by atoms with Gasteiger partial charge >= 0.3 is 5.97 Å². The number of fused-ring (bicyclic) bond motifs is 2. The molecule has 1 unspecified atom stereocenters. The summed E-state index contributed by atoms with van der Waals surface area (Å²) in [7, 11) is 0. The van der Waals surface area contributed by atoms with Crippen molar-refractivity contribution in [3.63, 3.8) is 0 Å². The molecule has 1 atom stereocenters. The lowest BCUT2D eigenvalue weighted by Gasteiger charge is -2.17. The standard InChI is InChI=1S/C25H22F2N6O4/c26-22(27)13-37-21-8-20-19(7-14(21)10-28)29-23(30-20)9-18-16-3-1-2-4-17(16)25(36)33(31-18)15-5-6-32(11-15)12-24(34)35/h1-4,7-8,15,22H,5-6,9,11-13H2,(H,29,30)(H,34,35). The number of carbonyl (C=O) groups is 1. The summed E-state index contributed by atoms with van der Waals surface area (Å²) in [5, 5.41) is 24.3. The van der Waals surface area contributed by atoms with Crippen molar-refractivity contribution < 1.29 is 23.4 Å². The molecule has 1 fully saturated rings. The maximum atomic E-state index is 13.3. The Morgan fingerprint density at radius 2 is 2.08 bits per heavy atom. The first-order chi connectivity index (χ1) is 17.8. The average molecular weight is 508 g/mol. The molecule has 190 valence electrons. The Hall–Kier alpha value is -4.37. The topological polar surface area (TPSA) is 137 Å². The van der Waals surface area contributed by atoms with Crippen LogP contribution in [0.15, 0.2) is 41.2 Å². The van der Waals surface area contributed by atoms with Gasteiger partial charge in [0.2, 0.25) is 0 Å². The van der Waals surface area contributed by atoms with Gasteiger partial charge in [-0.15, -0.1) is 0 Å². The molecule has 5 rings (SSSR count). The summed E-state index contributed by atoms with van der Waals surface area (Å²) in [5.41, 5.74) is 1.43. The number of aliphatic carboxylic acids is 1. The Balaban J connectivity index is 1.51. The second-order valence-electron chi connectivity index (χ2n) is 8.85. The van der Waals surface area contributed by atoms with E-state index in [1.54, 1.807) is 17.0 Å². The van der Waals surface area contributed by atoms with Gasteiger partial charge in [0, 0.05) is 24.5 Å². The van der Waals surface area contributed by atoms with Crippen LogP contribution in [0.2, 0.25) is 0 Å². The third-order valence-electron chi connectivity index (χ3n) is 6.31. The van der Waals surface area contributed by atoms with E-state index in [0.29, 0.717) is 52.8 Å². The van der Waals surface area contributed by atoms with Crippen LogP contribution in [0, 0.1) is 11.3 Å². The zero-order chi connectivity index (χ0) is 26.1. The number of nitrogens with zero attached hydrogens (tertiary/aromatic N) is 5. The van der Waals surface area contributed by atoms with Gasteiger partial charge in [0.15, 0.2) is 0 Å².